The Labute approximate surface area is 164 Å². The van der Waals surface area contributed by atoms with Gasteiger partial charge in [-0.3, -0.25) is 5.43 Å². The van der Waals surface area contributed by atoms with Gasteiger partial charge in [0.1, 0.15) is 5.75 Å². The first-order chi connectivity index (χ1) is 13.1. The number of ether oxygens (including phenoxy) is 4. The number of hydrogen-bond acceptors (Lipinski definition) is 6. The molecule has 0 spiro atoms. The van der Waals surface area contributed by atoms with E-state index in [-0.39, 0.29) is 0 Å². The molecule has 0 aliphatic carbocycles. The maximum absolute atomic E-state index is 5.40. The predicted molar refractivity (Wildman–Crippen MR) is 111 cm³/mol. The van der Waals surface area contributed by atoms with Crippen molar-refractivity contribution in [1.82, 2.24) is 5.43 Å². The van der Waals surface area contributed by atoms with Gasteiger partial charge in [-0.15, -0.1) is 0 Å². The Kier molecular flexibility index (Phi) is 7.69. The van der Waals surface area contributed by atoms with E-state index in [2.05, 4.69) is 15.8 Å². The van der Waals surface area contributed by atoms with Crippen LogP contribution in [0.5, 0.6) is 23.0 Å². The van der Waals surface area contributed by atoms with Gasteiger partial charge in [0.05, 0.1) is 34.2 Å². The van der Waals surface area contributed by atoms with Crippen LogP contribution < -0.4 is 29.7 Å². The van der Waals surface area contributed by atoms with E-state index in [1.54, 1.807) is 39.7 Å². The average molecular weight is 389 g/mol. The summed E-state index contributed by atoms with van der Waals surface area (Å²) in [6.45, 7) is 2.57. The Morgan fingerprint density at radius 3 is 2.19 bits per heavy atom. The van der Waals surface area contributed by atoms with Crippen LogP contribution in [0.4, 0.5) is 5.69 Å². The van der Waals surface area contributed by atoms with E-state index in [4.69, 9.17) is 31.2 Å². The SMILES string of the molecule is CCOc1ccc(NC(=S)N/N=C\c2cc(OC)c(OC)c(OC)c2)cc1. The molecule has 0 saturated heterocycles. The molecular weight excluding hydrogens is 366 g/mol. The summed E-state index contributed by atoms with van der Waals surface area (Å²) in [5.41, 5.74) is 4.37. The van der Waals surface area contributed by atoms with Crippen molar-refractivity contribution < 1.29 is 18.9 Å². The molecule has 7 nitrogen and oxygen atoms in total. The van der Waals surface area contributed by atoms with Gasteiger partial charge in [-0.1, -0.05) is 0 Å². The van der Waals surface area contributed by atoms with E-state index < -0.39 is 0 Å². The Hall–Kier alpha value is -3.00. The van der Waals surface area contributed by atoms with Crippen LogP contribution in [0.3, 0.4) is 0 Å². The summed E-state index contributed by atoms with van der Waals surface area (Å²) in [5, 5.41) is 7.54. The molecule has 0 unspecified atom stereocenters. The lowest BCUT2D eigenvalue weighted by molar-refractivity contribution is 0.324. The molecule has 2 rings (SSSR count). The number of methoxy groups -OCH3 is 3. The minimum absolute atomic E-state index is 0.364. The molecule has 0 saturated carbocycles. The lowest BCUT2D eigenvalue weighted by Gasteiger charge is -2.12. The van der Waals surface area contributed by atoms with Crippen LogP contribution in [-0.2, 0) is 0 Å². The van der Waals surface area contributed by atoms with E-state index in [1.807, 2.05) is 31.2 Å². The zero-order valence-corrected chi connectivity index (χ0v) is 16.6. The molecule has 2 aromatic rings. The third-order valence-electron chi connectivity index (χ3n) is 3.49. The first-order valence-corrected chi connectivity index (χ1v) is 8.65. The van der Waals surface area contributed by atoms with Crippen LogP contribution in [0.1, 0.15) is 12.5 Å². The van der Waals surface area contributed by atoms with Gasteiger partial charge >= 0.3 is 0 Å². The lowest BCUT2D eigenvalue weighted by atomic mass is 10.2. The van der Waals surface area contributed by atoms with Crippen molar-refractivity contribution >= 4 is 29.2 Å². The molecule has 2 N–H and O–H groups in total. The second-order valence-electron chi connectivity index (χ2n) is 5.24. The van der Waals surface area contributed by atoms with E-state index >= 15 is 0 Å². The Bertz CT molecular complexity index is 769. The third-order valence-corrected chi connectivity index (χ3v) is 3.68. The molecule has 8 heteroatoms. The minimum atomic E-state index is 0.364. The van der Waals surface area contributed by atoms with Crippen molar-refractivity contribution in [3.05, 3.63) is 42.0 Å². The fourth-order valence-corrected chi connectivity index (χ4v) is 2.47. The highest BCUT2D eigenvalue weighted by Crippen LogP contribution is 2.37. The monoisotopic (exact) mass is 389 g/mol. The van der Waals surface area contributed by atoms with Crippen LogP contribution in [0.15, 0.2) is 41.5 Å². The van der Waals surface area contributed by atoms with Gasteiger partial charge in [0.25, 0.3) is 0 Å². The molecule has 0 fully saturated rings. The molecule has 0 heterocycles. The number of benzene rings is 2. The van der Waals surface area contributed by atoms with Crippen LogP contribution in [-0.4, -0.2) is 39.3 Å². The molecule has 2 aromatic carbocycles. The summed E-state index contributed by atoms with van der Waals surface area (Å²) >= 11 is 5.24. The number of hydrogen-bond donors (Lipinski definition) is 2. The molecule has 0 radical (unpaired) electrons. The number of nitrogens with zero attached hydrogens (tertiary/aromatic N) is 1. The number of thiocarbonyl (C=S) groups is 1. The zero-order chi connectivity index (χ0) is 19.6. The highest BCUT2D eigenvalue weighted by molar-refractivity contribution is 7.80. The predicted octanol–water partition coefficient (Wildman–Crippen LogP) is 3.43. The summed E-state index contributed by atoms with van der Waals surface area (Å²) in [6, 6.07) is 11.1. The number of anilines is 1. The lowest BCUT2D eigenvalue weighted by Crippen LogP contribution is -2.23. The van der Waals surface area contributed by atoms with Gasteiger partial charge in [-0.25, -0.2) is 0 Å². The first kappa shape index (κ1) is 20.3. The van der Waals surface area contributed by atoms with Crippen molar-refractivity contribution in [2.75, 3.05) is 33.3 Å². The van der Waals surface area contributed by atoms with Crippen molar-refractivity contribution in [3.63, 3.8) is 0 Å². The minimum Gasteiger partial charge on any atom is -0.494 e. The average Bonchev–Trinajstić information content (AvgIpc) is 2.68. The standard InChI is InChI=1S/C19H23N3O4S/c1-5-26-15-8-6-14(7-9-15)21-19(27)22-20-12-13-10-16(23-2)18(25-4)17(11-13)24-3/h6-12H,5H2,1-4H3,(H2,21,22,27)/b20-12-. The van der Waals surface area contributed by atoms with Gasteiger partial charge in [-0.2, -0.15) is 5.10 Å². The second-order valence-corrected chi connectivity index (χ2v) is 5.65. The van der Waals surface area contributed by atoms with Gasteiger partial charge in [-0.05, 0) is 55.5 Å². The molecule has 0 bridgehead atoms. The van der Waals surface area contributed by atoms with Crippen LogP contribution >= 0.6 is 12.2 Å². The molecular formula is C19H23N3O4S. The second kappa shape index (κ2) is 10.2. The molecule has 0 aliphatic heterocycles. The van der Waals surface area contributed by atoms with E-state index in [0.29, 0.717) is 29.0 Å². The molecule has 0 aromatic heterocycles. The maximum Gasteiger partial charge on any atom is 0.203 e. The van der Waals surface area contributed by atoms with Gasteiger partial charge in [0.15, 0.2) is 16.6 Å². The van der Waals surface area contributed by atoms with Crippen molar-refractivity contribution in [1.29, 1.82) is 0 Å². The van der Waals surface area contributed by atoms with Crippen molar-refractivity contribution in [3.8, 4) is 23.0 Å². The van der Waals surface area contributed by atoms with E-state index in [9.17, 15) is 0 Å². The third kappa shape index (κ3) is 5.75. The normalized spacial score (nSPS) is 10.4. The van der Waals surface area contributed by atoms with Crippen LogP contribution in [0.25, 0.3) is 0 Å². The highest BCUT2D eigenvalue weighted by Gasteiger charge is 2.12. The Balaban J connectivity index is 1.99. The van der Waals surface area contributed by atoms with Crippen molar-refractivity contribution in [2.24, 2.45) is 5.10 Å². The summed E-state index contributed by atoms with van der Waals surface area (Å²) in [6.07, 6.45) is 1.61. The number of nitrogens with one attached hydrogen (secondary N) is 2. The highest BCUT2D eigenvalue weighted by atomic mass is 32.1. The largest absolute Gasteiger partial charge is 0.494 e. The summed E-state index contributed by atoms with van der Waals surface area (Å²) in [7, 11) is 4.68. The molecule has 0 atom stereocenters. The summed E-state index contributed by atoms with van der Waals surface area (Å²) < 4.78 is 21.3. The first-order valence-electron chi connectivity index (χ1n) is 8.24. The zero-order valence-electron chi connectivity index (χ0n) is 15.7. The van der Waals surface area contributed by atoms with E-state index in [1.165, 1.54) is 0 Å². The smallest absolute Gasteiger partial charge is 0.203 e. The number of rotatable bonds is 8. The van der Waals surface area contributed by atoms with Gasteiger partial charge in [0.2, 0.25) is 5.75 Å². The Morgan fingerprint density at radius 2 is 1.67 bits per heavy atom. The maximum atomic E-state index is 5.40. The van der Waals surface area contributed by atoms with Gasteiger partial charge < -0.3 is 24.3 Å². The fraction of sp³-hybridized carbons (Fsp3) is 0.263. The molecule has 144 valence electrons. The van der Waals surface area contributed by atoms with Crippen molar-refractivity contribution in [2.45, 2.75) is 6.92 Å². The van der Waals surface area contributed by atoms with Gasteiger partial charge in [0, 0.05) is 11.3 Å². The van der Waals surface area contributed by atoms with E-state index in [0.717, 1.165) is 17.0 Å². The quantitative estimate of drug-likeness (QED) is 0.407. The molecule has 27 heavy (non-hydrogen) atoms. The Morgan fingerprint density at radius 1 is 1.04 bits per heavy atom. The summed E-state index contributed by atoms with van der Waals surface area (Å²) in [4.78, 5) is 0. The van der Waals surface area contributed by atoms with Crippen LogP contribution in [0, 0.1) is 0 Å². The molecule has 0 amide bonds. The van der Waals surface area contributed by atoms with Crippen LogP contribution in [0.2, 0.25) is 0 Å². The fourth-order valence-electron chi connectivity index (χ4n) is 2.30. The molecule has 0 aliphatic rings. The number of hydrazone groups is 1. The summed E-state index contributed by atoms with van der Waals surface area (Å²) in [5.74, 6) is 2.43. The topological polar surface area (TPSA) is 73.3 Å².